The lowest BCUT2D eigenvalue weighted by atomic mass is 10.1. The highest BCUT2D eigenvalue weighted by molar-refractivity contribution is 7.85. The Morgan fingerprint density at radius 1 is 1.31 bits per heavy atom. The first-order valence-electron chi connectivity index (χ1n) is 5.38. The predicted molar refractivity (Wildman–Crippen MR) is 68.9 cm³/mol. The summed E-state index contributed by atoms with van der Waals surface area (Å²) in [7, 11) is -5.20. The molecule has 0 bridgehead atoms. The van der Waals surface area contributed by atoms with Gasteiger partial charge < -0.3 is 0 Å². The van der Waals surface area contributed by atoms with Crippen molar-refractivity contribution in [2.45, 2.75) is 38.3 Å². The normalized spacial score (nSPS) is 12.1. The van der Waals surface area contributed by atoms with Gasteiger partial charge in [0.15, 0.2) is 0 Å². The fourth-order valence-electron chi connectivity index (χ4n) is 2.17. The quantitative estimate of drug-likeness (QED) is 0.660. The average Bonchev–Trinajstić information content (AvgIpc) is 2.14. The molecule has 5 heteroatoms. The fraction of sp³-hybridized carbons (Fsp3) is 0.455. The second-order valence-electron chi connectivity index (χ2n) is 4.26. The molecule has 3 nitrogen and oxygen atoms in total. The summed E-state index contributed by atoms with van der Waals surface area (Å²) in [6.45, 7) is 8.24. The summed E-state index contributed by atoms with van der Waals surface area (Å²) in [4.78, 5) is 0.0804. The summed E-state index contributed by atoms with van der Waals surface area (Å²) in [5.41, 5.74) is 1.93. The number of benzene rings is 1. The molecule has 0 radical (unpaired) electrons. The van der Waals surface area contributed by atoms with Crippen LogP contribution in [-0.4, -0.2) is 21.8 Å². The molecule has 0 aliphatic rings. The van der Waals surface area contributed by atoms with Crippen LogP contribution in [-0.2, 0) is 16.5 Å². The molecule has 90 valence electrons. The summed E-state index contributed by atoms with van der Waals surface area (Å²) in [5.74, 6) is 0. The first kappa shape index (κ1) is 13.4. The van der Waals surface area contributed by atoms with Crippen molar-refractivity contribution >= 4 is 24.1 Å². The van der Waals surface area contributed by atoms with Crippen molar-refractivity contribution in [2.24, 2.45) is 0 Å². The molecule has 0 saturated heterocycles. The van der Waals surface area contributed by atoms with Crippen molar-refractivity contribution in [3.63, 3.8) is 0 Å². The molecule has 1 aromatic rings. The van der Waals surface area contributed by atoms with E-state index in [9.17, 15) is 13.0 Å². The second kappa shape index (κ2) is 4.69. The highest BCUT2D eigenvalue weighted by Gasteiger charge is 2.20. The van der Waals surface area contributed by atoms with E-state index in [4.69, 9.17) is 0 Å². The number of aryl methyl sites for hydroxylation is 1. The van der Waals surface area contributed by atoms with Crippen molar-refractivity contribution in [1.82, 2.24) is 0 Å². The monoisotopic (exact) mass is 258 g/mol. The molecule has 0 unspecified atom stereocenters. The maximum Gasteiger partial charge on any atom is 0.294 e. The minimum Gasteiger partial charge on any atom is -0.282 e. The standard InChI is InChI=1S/C11H18O3SSi/c1-5-9-10(15(12,13)14)7-6-8(2)11(9)16(3)4/h6-7,16H,5H2,1-4H3,(H,12,13,14). The van der Waals surface area contributed by atoms with E-state index in [2.05, 4.69) is 13.1 Å². The van der Waals surface area contributed by atoms with Crippen LogP contribution < -0.4 is 5.19 Å². The van der Waals surface area contributed by atoms with E-state index >= 15 is 0 Å². The third kappa shape index (κ3) is 2.53. The Morgan fingerprint density at radius 2 is 1.88 bits per heavy atom. The van der Waals surface area contributed by atoms with Crippen LogP contribution in [0.3, 0.4) is 0 Å². The van der Waals surface area contributed by atoms with Gasteiger partial charge >= 0.3 is 0 Å². The van der Waals surface area contributed by atoms with Crippen LogP contribution in [0.25, 0.3) is 0 Å². The Balaban J connectivity index is 3.62. The molecule has 0 aromatic heterocycles. The van der Waals surface area contributed by atoms with Crippen LogP contribution in [0.1, 0.15) is 18.1 Å². The van der Waals surface area contributed by atoms with Crippen LogP contribution in [0.2, 0.25) is 13.1 Å². The van der Waals surface area contributed by atoms with Crippen LogP contribution in [0.15, 0.2) is 17.0 Å². The molecule has 1 aromatic carbocycles. The highest BCUT2D eigenvalue weighted by Crippen LogP contribution is 2.17. The Morgan fingerprint density at radius 3 is 2.25 bits per heavy atom. The third-order valence-corrected chi connectivity index (χ3v) is 5.64. The van der Waals surface area contributed by atoms with E-state index in [-0.39, 0.29) is 4.90 Å². The maximum absolute atomic E-state index is 11.3. The Bertz CT molecular complexity index is 492. The van der Waals surface area contributed by atoms with Crippen LogP contribution in [0, 0.1) is 6.92 Å². The SMILES string of the molecule is CCc1c(S(=O)(=O)O)ccc(C)c1[SiH](C)C. The van der Waals surface area contributed by atoms with Crippen LogP contribution in [0.5, 0.6) is 0 Å². The summed E-state index contributed by atoms with van der Waals surface area (Å²) >= 11 is 0. The maximum atomic E-state index is 11.3. The summed E-state index contributed by atoms with van der Waals surface area (Å²) in [6, 6.07) is 3.29. The highest BCUT2D eigenvalue weighted by atomic mass is 32.2. The first-order chi connectivity index (χ1) is 7.29. The van der Waals surface area contributed by atoms with Gasteiger partial charge in [0.1, 0.15) is 0 Å². The third-order valence-electron chi connectivity index (χ3n) is 2.74. The molecule has 0 aliphatic carbocycles. The second-order valence-corrected chi connectivity index (χ2v) is 8.53. The van der Waals surface area contributed by atoms with E-state index in [1.54, 1.807) is 6.07 Å². The molecular weight excluding hydrogens is 240 g/mol. The van der Waals surface area contributed by atoms with Gasteiger partial charge in [0.2, 0.25) is 0 Å². The van der Waals surface area contributed by atoms with Crippen molar-refractivity contribution in [3.8, 4) is 0 Å². The molecule has 0 spiro atoms. The van der Waals surface area contributed by atoms with Crippen molar-refractivity contribution in [3.05, 3.63) is 23.3 Å². The van der Waals surface area contributed by atoms with E-state index in [1.807, 2.05) is 13.8 Å². The molecule has 0 atom stereocenters. The first-order valence-corrected chi connectivity index (χ1v) is 9.71. The molecule has 1 N–H and O–H groups in total. The zero-order chi connectivity index (χ0) is 12.5. The molecule has 0 heterocycles. The van der Waals surface area contributed by atoms with Crippen molar-refractivity contribution in [2.75, 3.05) is 0 Å². The molecule has 0 aliphatic heterocycles. The summed E-state index contributed by atoms with van der Waals surface area (Å²) in [5, 5.41) is 1.16. The lowest BCUT2D eigenvalue weighted by molar-refractivity contribution is 0.482. The Labute approximate surface area is 98.9 Å². The van der Waals surface area contributed by atoms with E-state index < -0.39 is 18.9 Å². The number of hydrogen-bond donors (Lipinski definition) is 1. The predicted octanol–water partition coefficient (Wildman–Crippen LogP) is 1.50. The molecule has 0 amide bonds. The molecule has 16 heavy (non-hydrogen) atoms. The van der Waals surface area contributed by atoms with Gasteiger partial charge in [-0.2, -0.15) is 8.42 Å². The van der Waals surface area contributed by atoms with Gasteiger partial charge in [0.25, 0.3) is 10.1 Å². The van der Waals surface area contributed by atoms with E-state index in [1.165, 1.54) is 6.07 Å². The smallest absolute Gasteiger partial charge is 0.282 e. The Hall–Kier alpha value is -0.653. The van der Waals surface area contributed by atoms with Gasteiger partial charge in [-0.3, -0.25) is 4.55 Å². The van der Waals surface area contributed by atoms with E-state index in [0.717, 1.165) is 16.3 Å². The van der Waals surface area contributed by atoms with Gasteiger partial charge in [-0.25, -0.2) is 0 Å². The zero-order valence-electron chi connectivity index (χ0n) is 10.1. The molecule has 0 fully saturated rings. The molecular formula is C11H18O3SSi. The lowest BCUT2D eigenvalue weighted by Crippen LogP contribution is -2.31. The van der Waals surface area contributed by atoms with Crippen LogP contribution in [0.4, 0.5) is 0 Å². The number of hydrogen-bond acceptors (Lipinski definition) is 2. The average molecular weight is 258 g/mol. The molecule has 1 rings (SSSR count). The van der Waals surface area contributed by atoms with E-state index in [0.29, 0.717) is 6.42 Å². The van der Waals surface area contributed by atoms with Gasteiger partial charge in [0.05, 0.1) is 13.7 Å². The van der Waals surface area contributed by atoms with Gasteiger partial charge in [-0.1, -0.05) is 36.8 Å². The van der Waals surface area contributed by atoms with Gasteiger partial charge in [-0.15, -0.1) is 0 Å². The minimum atomic E-state index is -4.10. The van der Waals surface area contributed by atoms with Crippen LogP contribution >= 0.6 is 0 Å². The fourth-order valence-corrected chi connectivity index (χ4v) is 5.15. The topological polar surface area (TPSA) is 54.4 Å². The minimum absolute atomic E-state index is 0.0804. The number of rotatable bonds is 3. The summed E-state index contributed by atoms with van der Waals surface area (Å²) < 4.78 is 31.7. The summed E-state index contributed by atoms with van der Waals surface area (Å²) in [6.07, 6.45) is 0.636. The molecule has 0 saturated carbocycles. The van der Waals surface area contributed by atoms with Crippen molar-refractivity contribution in [1.29, 1.82) is 0 Å². The van der Waals surface area contributed by atoms with Gasteiger partial charge in [-0.05, 0) is 25.0 Å². The Kier molecular flexibility index (Phi) is 3.93. The van der Waals surface area contributed by atoms with Gasteiger partial charge in [0, 0.05) is 0 Å². The zero-order valence-corrected chi connectivity index (χ0v) is 12.1. The lowest BCUT2D eigenvalue weighted by Gasteiger charge is -2.17. The largest absolute Gasteiger partial charge is 0.294 e. The van der Waals surface area contributed by atoms with Crippen molar-refractivity contribution < 1.29 is 13.0 Å².